The van der Waals surface area contributed by atoms with Crippen molar-refractivity contribution in [2.24, 2.45) is 5.73 Å². The Morgan fingerprint density at radius 1 is 1.89 bits per heavy atom. The van der Waals surface area contributed by atoms with Gasteiger partial charge in [0.1, 0.15) is 0 Å². The summed E-state index contributed by atoms with van der Waals surface area (Å²) in [4.78, 5) is 10.1. The van der Waals surface area contributed by atoms with Crippen molar-refractivity contribution in [1.82, 2.24) is 0 Å². The van der Waals surface area contributed by atoms with Crippen LogP contribution in [0.5, 0.6) is 0 Å². The second kappa shape index (κ2) is 3.91. The van der Waals surface area contributed by atoms with Crippen molar-refractivity contribution in [2.75, 3.05) is 13.7 Å². The molecule has 0 aliphatic rings. The summed E-state index contributed by atoms with van der Waals surface area (Å²) >= 11 is 0. The van der Waals surface area contributed by atoms with E-state index in [1.54, 1.807) is 0 Å². The molecule has 0 radical (unpaired) electrons. The molecule has 0 aromatic rings. The number of hydrogen-bond donors (Lipinski definition) is 2. The minimum Gasteiger partial charge on any atom is -0.490 e. The fourth-order valence-electron chi connectivity index (χ4n) is 0.365. The van der Waals surface area contributed by atoms with E-state index in [2.05, 4.69) is 4.74 Å². The van der Waals surface area contributed by atoms with Crippen LogP contribution in [0.2, 0.25) is 0 Å². The fourth-order valence-corrected chi connectivity index (χ4v) is 0.365. The molecule has 9 heavy (non-hydrogen) atoms. The second-order valence-corrected chi connectivity index (χ2v) is 1.31. The lowest BCUT2D eigenvalue weighted by Crippen LogP contribution is -2.05. The maximum absolute atomic E-state index is 10.1. The summed E-state index contributed by atoms with van der Waals surface area (Å²) in [7, 11) is 1.29. The first-order valence-electron chi connectivity index (χ1n) is 2.40. The molecule has 0 aromatic heterocycles. The molecule has 52 valence electrons. The number of methoxy groups -OCH3 is 1. The number of rotatable bonds is 3. The smallest absolute Gasteiger partial charge is 0.370 e. The monoisotopic (exact) mass is 131 g/mol. The first-order chi connectivity index (χ1) is 4.22. The normalized spacial score (nSPS) is 11.1. The lowest BCUT2D eigenvalue weighted by atomic mass is 10.4. The number of carboxylic acid groups (broad SMARTS) is 1. The molecule has 0 aliphatic heterocycles. The van der Waals surface area contributed by atoms with E-state index in [1.165, 1.54) is 13.2 Å². The molecule has 0 aromatic carbocycles. The van der Waals surface area contributed by atoms with Crippen molar-refractivity contribution in [3.63, 3.8) is 0 Å². The van der Waals surface area contributed by atoms with Crippen LogP contribution in [-0.4, -0.2) is 24.7 Å². The summed E-state index contributed by atoms with van der Waals surface area (Å²) in [6, 6.07) is 0. The van der Waals surface area contributed by atoms with Gasteiger partial charge in [-0.25, -0.2) is 4.79 Å². The third kappa shape index (κ3) is 2.71. The second-order valence-electron chi connectivity index (χ2n) is 1.31. The molecule has 3 N–H and O–H groups in total. The first-order valence-corrected chi connectivity index (χ1v) is 2.40. The van der Waals surface area contributed by atoms with Gasteiger partial charge in [0.05, 0.1) is 7.11 Å². The van der Waals surface area contributed by atoms with E-state index in [1.807, 2.05) is 0 Å². The lowest BCUT2D eigenvalue weighted by Gasteiger charge is -1.96. The van der Waals surface area contributed by atoms with E-state index in [4.69, 9.17) is 10.8 Å². The minimum absolute atomic E-state index is 0.113. The zero-order valence-corrected chi connectivity index (χ0v) is 5.13. The van der Waals surface area contributed by atoms with Crippen molar-refractivity contribution in [2.45, 2.75) is 0 Å². The summed E-state index contributed by atoms with van der Waals surface area (Å²) in [5.74, 6) is -1.21. The molecule has 4 heteroatoms. The van der Waals surface area contributed by atoms with Crippen LogP contribution in [-0.2, 0) is 9.53 Å². The Labute approximate surface area is 52.9 Å². The average Bonchev–Trinajstić information content (AvgIpc) is 1.82. The van der Waals surface area contributed by atoms with Gasteiger partial charge in [-0.15, -0.1) is 0 Å². The summed E-state index contributed by atoms with van der Waals surface area (Å²) in [5.41, 5.74) is 5.02. The van der Waals surface area contributed by atoms with Gasteiger partial charge in [-0.1, -0.05) is 0 Å². The number of ether oxygens (including phenoxy) is 1. The van der Waals surface area contributed by atoms with Crippen LogP contribution < -0.4 is 5.73 Å². The zero-order chi connectivity index (χ0) is 7.28. The Morgan fingerprint density at radius 2 is 2.44 bits per heavy atom. The third-order valence-corrected chi connectivity index (χ3v) is 0.734. The molecule has 0 spiro atoms. The molecule has 0 saturated carbocycles. The van der Waals surface area contributed by atoms with E-state index in [0.717, 1.165) is 0 Å². The molecule has 0 heterocycles. The average molecular weight is 131 g/mol. The number of aliphatic carboxylic acids is 1. The van der Waals surface area contributed by atoms with Crippen molar-refractivity contribution < 1.29 is 14.6 Å². The van der Waals surface area contributed by atoms with Crippen molar-refractivity contribution in [1.29, 1.82) is 0 Å². The van der Waals surface area contributed by atoms with Gasteiger partial charge in [-0.2, -0.15) is 0 Å². The minimum atomic E-state index is -1.09. The molecular weight excluding hydrogens is 122 g/mol. The van der Waals surface area contributed by atoms with Gasteiger partial charge in [0.25, 0.3) is 0 Å². The van der Waals surface area contributed by atoms with Crippen LogP contribution in [0, 0.1) is 0 Å². The van der Waals surface area contributed by atoms with Gasteiger partial charge in [0, 0.05) is 6.54 Å². The molecular formula is C5H9NO3. The predicted octanol–water partition coefficient (Wildman–Crippen LogP) is -0.440. The molecule has 0 unspecified atom stereocenters. The Kier molecular flexibility index (Phi) is 3.46. The van der Waals surface area contributed by atoms with Gasteiger partial charge < -0.3 is 15.6 Å². The molecule has 0 rings (SSSR count). The molecule has 4 nitrogen and oxygen atoms in total. The largest absolute Gasteiger partial charge is 0.490 e. The standard InChI is InChI=1S/C5H9NO3/c1-9-4(2-3-6)5(7)8/h2H,3,6H2,1H3,(H,7,8)/b4-2-. The summed E-state index contributed by atoms with van der Waals surface area (Å²) < 4.78 is 4.43. The highest BCUT2D eigenvalue weighted by Gasteiger charge is 2.03. The Bertz CT molecular complexity index is 130. The van der Waals surface area contributed by atoms with Crippen LogP contribution in [0.1, 0.15) is 0 Å². The SMILES string of the molecule is CO/C(=C\CN)C(=O)O. The molecule has 0 atom stereocenters. The molecule has 0 aliphatic carbocycles. The number of carbonyl (C=O) groups is 1. The third-order valence-electron chi connectivity index (χ3n) is 0.734. The highest BCUT2D eigenvalue weighted by molar-refractivity contribution is 5.84. The molecule has 0 fully saturated rings. The van der Waals surface area contributed by atoms with E-state index in [0.29, 0.717) is 0 Å². The fraction of sp³-hybridized carbons (Fsp3) is 0.400. The summed E-state index contributed by atoms with van der Waals surface area (Å²) in [6.07, 6.45) is 1.29. The van der Waals surface area contributed by atoms with Gasteiger partial charge in [0.15, 0.2) is 0 Å². The van der Waals surface area contributed by atoms with Gasteiger partial charge >= 0.3 is 5.97 Å². The predicted molar refractivity (Wildman–Crippen MR) is 31.8 cm³/mol. The topological polar surface area (TPSA) is 72.5 Å². The number of nitrogens with two attached hydrogens (primary N) is 1. The Hall–Kier alpha value is -1.03. The Morgan fingerprint density at radius 3 is 2.56 bits per heavy atom. The van der Waals surface area contributed by atoms with Crippen LogP contribution in [0.15, 0.2) is 11.8 Å². The molecule has 0 saturated heterocycles. The lowest BCUT2D eigenvalue weighted by molar-refractivity contribution is -0.136. The van der Waals surface area contributed by atoms with Gasteiger partial charge in [-0.05, 0) is 6.08 Å². The van der Waals surface area contributed by atoms with Crippen molar-refractivity contribution >= 4 is 5.97 Å². The molecule has 0 bridgehead atoms. The molecule has 0 amide bonds. The van der Waals surface area contributed by atoms with Crippen LogP contribution >= 0.6 is 0 Å². The van der Waals surface area contributed by atoms with Crippen molar-refractivity contribution in [3.8, 4) is 0 Å². The zero-order valence-electron chi connectivity index (χ0n) is 5.13. The number of hydrogen-bond acceptors (Lipinski definition) is 3. The van der Waals surface area contributed by atoms with E-state index < -0.39 is 5.97 Å². The van der Waals surface area contributed by atoms with Crippen LogP contribution in [0.4, 0.5) is 0 Å². The van der Waals surface area contributed by atoms with Crippen LogP contribution in [0.3, 0.4) is 0 Å². The van der Waals surface area contributed by atoms with Gasteiger partial charge in [0.2, 0.25) is 5.76 Å². The maximum atomic E-state index is 10.1. The summed E-state index contributed by atoms with van der Waals surface area (Å²) in [6.45, 7) is 0.176. The highest BCUT2D eigenvalue weighted by Crippen LogP contribution is 1.91. The summed E-state index contributed by atoms with van der Waals surface area (Å²) in [5, 5.41) is 8.26. The van der Waals surface area contributed by atoms with Crippen LogP contribution in [0.25, 0.3) is 0 Å². The van der Waals surface area contributed by atoms with Crippen molar-refractivity contribution in [3.05, 3.63) is 11.8 Å². The quantitative estimate of drug-likeness (QED) is 0.402. The van der Waals surface area contributed by atoms with E-state index in [9.17, 15) is 4.79 Å². The highest BCUT2D eigenvalue weighted by atomic mass is 16.5. The van der Waals surface area contributed by atoms with E-state index >= 15 is 0 Å². The Balaban J connectivity index is 3.98. The maximum Gasteiger partial charge on any atom is 0.370 e. The number of carboxylic acids is 1. The van der Waals surface area contributed by atoms with Gasteiger partial charge in [-0.3, -0.25) is 0 Å². The van der Waals surface area contributed by atoms with E-state index in [-0.39, 0.29) is 12.3 Å². The first kappa shape index (κ1) is 7.97.